The predicted octanol–water partition coefficient (Wildman–Crippen LogP) is 0.313. The van der Waals surface area contributed by atoms with Crippen molar-refractivity contribution in [3.05, 3.63) is 41.5 Å². The van der Waals surface area contributed by atoms with Crippen LogP contribution in [0.3, 0.4) is 0 Å². The molecule has 3 aromatic rings. The van der Waals surface area contributed by atoms with Crippen molar-refractivity contribution in [1.82, 2.24) is 28.2 Å². The van der Waals surface area contributed by atoms with E-state index in [2.05, 4.69) is 20.5 Å². The summed E-state index contributed by atoms with van der Waals surface area (Å²) in [6.45, 7) is 3.78. The van der Waals surface area contributed by atoms with E-state index in [1.165, 1.54) is 27.8 Å². The van der Waals surface area contributed by atoms with Crippen LogP contribution in [0.2, 0.25) is 0 Å². The number of H-pyrrole nitrogens is 1. The lowest BCUT2D eigenvalue weighted by Gasteiger charge is -2.16. The van der Waals surface area contributed by atoms with Gasteiger partial charge in [0.1, 0.15) is 5.56 Å². The molecular weight excluding hydrogens is 412 g/mol. The first-order valence-electron chi connectivity index (χ1n) is 9.09. The molecule has 0 amide bonds. The summed E-state index contributed by atoms with van der Waals surface area (Å²) in [5.74, 6) is -0.130. The van der Waals surface area contributed by atoms with Gasteiger partial charge in [0.05, 0.1) is 6.21 Å². The Kier molecular flexibility index (Phi) is 5.48. The van der Waals surface area contributed by atoms with E-state index in [0.717, 1.165) is 10.8 Å². The molecule has 0 saturated carbocycles. The summed E-state index contributed by atoms with van der Waals surface area (Å²) in [6.07, 6.45) is 1.83. The minimum Gasteiger partial charge on any atom is -0.494 e. The van der Waals surface area contributed by atoms with Crippen molar-refractivity contribution >= 4 is 35.5 Å². The highest BCUT2D eigenvalue weighted by Gasteiger charge is 2.17. The van der Waals surface area contributed by atoms with E-state index in [-0.39, 0.29) is 39.4 Å². The molecule has 3 heterocycles. The number of anilines is 1. The lowest BCUT2D eigenvalue weighted by Crippen LogP contribution is -2.37. The number of hydrogen-bond acceptors (Lipinski definition) is 8. The van der Waals surface area contributed by atoms with Gasteiger partial charge in [-0.15, -0.1) is 0 Å². The van der Waals surface area contributed by atoms with Gasteiger partial charge >= 0.3 is 5.69 Å². The van der Waals surface area contributed by atoms with Crippen molar-refractivity contribution in [2.45, 2.75) is 26.3 Å². The number of aromatic nitrogens is 6. The molecule has 0 saturated heterocycles. The quantitative estimate of drug-likeness (QED) is 0.298. The summed E-state index contributed by atoms with van der Waals surface area (Å²) in [5.41, 5.74) is 1.36. The first kappa shape index (κ1) is 21.2. The second kappa shape index (κ2) is 7.74. The van der Waals surface area contributed by atoms with Crippen LogP contribution in [0, 0.1) is 4.77 Å². The molecule has 0 radical (unpaired) electrons. The van der Waals surface area contributed by atoms with Gasteiger partial charge in [0.25, 0.3) is 11.1 Å². The zero-order chi connectivity index (χ0) is 22.3. The first-order valence-corrected chi connectivity index (χ1v) is 9.50. The fourth-order valence-electron chi connectivity index (χ4n) is 3.03. The molecular formula is C17H22N8O4S. The van der Waals surface area contributed by atoms with Gasteiger partial charge in [-0.1, -0.05) is 6.92 Å². The van der Waals surface area contributed by atoms with Crippen molar-refractivity contribution in [2.24, 2.45) is 26.2 Å². The van der Waals surface area contributed by atoms with Gasteiger partial charge in [-0.25, -0.2) is 10.2 Å². The molecule has 12 nitrogen and oxygen atoms in total. The Balaban J connectivity index is 2.05. The van der Waals surface area contributed by atoms with Crippen molar-refractivity contribution in [2.75, 3.05) is 5.43 Å². The molecule has 0 aromatic carbocycles. The second-order valence-corrected chi connectivity index (χ2v) is 7.25. The third kappa shape index (κ3) is 3.26. The average molecular weight is 434 g/mol. The number of nitrogens with zero attached hydrogens (tertiary/aromatic N) is 6. The monoisotopic (exact) mass is 434 g/mol. The lowest BCUT2D eigenvalue weighted by atomic mass is 10.2. The molecule has 0 aliphatic heterocycles. The van der Waals surface area contributed by atoms with Crippen molar-refractivity contribution in [1.29, 1.82) is 0 Å². The van der Waals surface area contributed by atoms with Crippen LogP contribution in [0.25, 0.3) is 11.2 Å². The number of hydrazone groups is 1. The zero-order valence-electron chi connectivity index (χ0n) is 17.1. The molecule has 1 atom stereocenters. The third-order valence-corrected chi connectivity index (χ3v) is 5.32. The minimum absolute atomic E-state index is 0.0847. The molecule has 3 aromatic heterocycles. The van der Waals surface area contributed by atoms with Crippen LogP contribution in [0.1, 0.15) is 31.9 Å². The zero-order valence-corrected chi connectivity index (χ0v) is 17.9. The van der Waals surface area contributed by atoms with Crippen molar-refractivity contribution in [3.63, 3.8) is 0 Å². The molecule has 0 bridgehead atoms. The van der Waals surface area contributed by atoms with Gasteiger partial charge in [-0.2, -0.15) is 10.1 Å². The number of imidazole rings is 1. The van der Waals surface area contributed by atoms with Gasteiger partial charge in [0, 0.05) is 27.2 Å². The molecule has 1 unspecified atom stereocenters. The van der Waals surface area contributed by atoms with E-state index in [1.807, 2.05) is 13.8 Å². The van der Waals surface area contributed by atoms with Gasteiger partial charge in [-0.3, -0.25) is 28.3 Å². The third-order valence-electron chi connectivity index (χ3n) is 5.02. The van der Waals surface area contributed by atoms with Crippen LogP contribution in [-0.4, -0.2) is 39.6 Å². The number of hydrogen-bond donors (Lipinski definition) is 3. The molecule has 13 heteroatoms. The van der Waals surface area contributed by atoms with Gasteiger partial charge in [0.15, 0.2) is 15.9 Å². The van der Waals surface area contributed by atoms with Crippen LogP contribution < -0.4 is 22.2 Å². The fourth-order valence-corrected chi connectivity index (χ4v) is 3.39. The van der Waals surface area contributed by atoms with Crippen molar-refractivity contribution in [3.8, 4) is 5.88 Å². The predicted molar refractivity (Wildman–Crippen MR) is 115 cm³/mol. The van der Waals surface area contributed by atoms with Crippen LogP contribution in [0.4, 0.5) is 5.95 Å². The summed E-state index contributed by atoms with van der Waals surface area (Å²) in [7, 11) is 4.48. The fraction of sp³-hybridized carbons (Fsp3) is 0.412. The standard InChI is InChI=1S/C17H22N8O4S/c1-6-8(2)25-13(27)9(12(26)20-16(25)30)7-18-21-15-19-11-10(22(15)3)14(28)24(5)17(29)23(11)4/h7-8,27H,6H2,1-5H3,(H,19,21)(H,20,26,30). The molecule has 0 spiro atoms. The molecule has 0 fully saturated rings. The Morgan fingerprint density at radius 3 is 2.53 bits per heavy atom. The highest BCUT2D eigenvalue weighted by molar-refractivity contribution is 7.71. The van der Waals surface area contributed by atoms with Gasteiger partial charge in [0.2, 0.25) is 11.8 Å². The maximum absolute atomic E-state index is 12.4. The largest absolute Gasteiger partial charge is 0.494 e. The Hall–Kier alpha value is -3.48. The Labute approximate surface area is 174 Å². The maximum Gasteiger partial charge on any atom is 0.332 e. The first-order chi connectivity index (χ1) is 14.1. The number of aromatic hydroxyl groups is 1. The van der Waals surface area contributed by atoms with Gasteiger partial charge < -0.3 is 9.67 Å². The number of aromatic amines is 1. The summed E-state index contributed by atoms with van der Waals surface area (Å²) < 4.78 is 5.23. The average Bonchev–Trinajstić information content (AvgIpc) is 3.03. The summed E-state index contributed by atoms with van der Waals surface area (Å²) >= 11 is 5.13. The van der Waals surface area contributed by atoms with Gasteiger partial charge in [-0.05, 0) is 25.6 Å². The second-order valence-electron chi connectivity index (χ2n) is 6.87. The number of fused-ring (bicyclic) bond motifs is 1. The van der Waals surface area contributed by atoms with E-state index < -0.39 is 16.8 Å². The highest BCUT2D eigenvalue weighted by atomic mass is 32.1. The van der Waals surface area contributed by atoms with E-state index in [0.29, 0.717) is 6.42 Å². The van der Waals surface area contributed by atoms with E-state index in [9.17, 15) is 19.5 Å². The van der Waals surface area contributed by atoms with Crippen LogP contribution in [-0.2, 0) is 21.1 Å². The van der Waals surface area contributed by atoms with Crippen LogP contribution in [0.5, 0.6) is 5.88 Å². The normalized spacial score (nSPS) is 12.7. The minimum atomic E-state index is -0.594. The molecule has 160 valence electrons. The molecule has 3 rings (SSSR count). The molecule has 0 aliphatic rings. The Bertz CT molecular complexity index is 1400. The topological polar surface area (TPSA) is 144 Å². The SMILES string of the molecule is CCC(C)n1c(O)c(C=NNc2nc3c(c(=O)n(C)c(=O)n3C)n2C)c(=O)[nH]c1=S. The van der Waals surface area contributed by atoms with Crippen molar-refractivity contribution < 1.29 is 5.11 Å². The Morgan fingerprint density at radius 2 is 1.90 bits per heavy atom. The van der Waals surface area contributed by atoms with Crippen LogP contribution >= 0.6 is 12.2 Å². The molecule has 3 N–H and O–H groups in total. The summed E-state index contributed by atoms with van der Waals surface area (Å²) in [4.78, 5) is 43.5. The summed E-state index contributed by atoms with van der Waals surface area (Å²) in [5, 5.41) is 14.5. The molecule has 0 aliphatic carbocycles. The van der Waals surface area contributed by atoms with Crippen LogP contribution in [0.15, 0.2) is 19.5 Å². The number of aryl methyl sites for hydroxylation is 2. The lowest BCUT2D eigenvalue weighted by molar-refractivity contribution is 0.371. The highest BCUT2D eigenvalue weighted by Crippen LogP contribution is 2.20. The summed E-state index contributed by atoms with van der Waals surface area (Å²) in [6, 6.07) is -0.133. The number of nitrogens with one attached hydrogen (secondary N) is 2. The Morgan fingerprint density at radius 1 is 1.23 bits per heavy atom. The number of rotatable bonds is 5. The molecule has 30 heavy (non-hydrogen) atoms. The van der Waals surface area contributed by atoms with E-state index in [1.54, 1.807) is 7.05 Å². The van der Waals surface area contributed by atoms with E-state index >= 15 is 0 Å². The van der Waals surface area contributed by atoms with E-state index in [4.69, 9.17) is 12.2 Å². The maximum atomic E-state index is 12.4. The smallest absolute Gasteiger partial charge is 0.332 e.